The molecule has 0 radical (unpaired) electrons. The van der Waals surface area contributed by atoms with Crippen LogP contribution in [0.1, 0.15) is 43.6 Å². The van der Waals surface area contributed by atoms with Crippen LogP contribution in [0.2, 0.25) is 0 Å². The van der Waals surface area contributed by atoms with Gasteiger partial charge in [-0.1, -0.05) is 6.92 Å². The molecule has 14 heavy (non-hydrogen) atoms. The monoisotopic (exact) mass is 193 g/mol. The molecule has 3 heteroatoms. The normalized spacial score (nSPS) is 17.9. The van der Waals surface area contributed by atoms with Gasteiger partial charge in [-0.2, -0.15) is 0 Å². The van der Waals surface area contributed by atoms with Crippen LogP contribution in [-0.2, 0) is 12.8 Å². The van der Waals surface area contributed by atoms with E-state index in [0.29, 0.717) is 6.04 Å². The van der Waals surface area contributed by atoms with Crippen LogP contribution < -0.4 is 5.73 Å². The van der Waals surface area contributed by atoms with Gasteiger partial charge in [-0.3, -0.25) is 0 Å². The molecule has 3 nitrogen and oxygen atoms in total. The SMILES string of the molecule is CCC(CN)n1cnc2c1CCCC2. The Bertz CT molecular complexity index is 299. The van der Waals surface area contributed by atoms with Crippen molar-refractivity contribution in [2.24, 2.45) is 5.73 Å². The van der Waals surface area contributed by atoms with E-state index in [0.717, 1.165) is 19.4 Å². The molecule has 0 aliphatic heterocycles. The second kappa shape index (κ2) is 4.13. The van der Waals surface area contributed by atoms with Crippen molar-refractivity contribution in [2.75, 3.05) is 6.54 Å². The molecule has 1 heterocycles. The first kappa shape index (κ1) is 9.71. The van der Waals surface area contributed by atoms with Gasteiger partial charge in [0.25, 0.3) is 0 Å². The fourth-order valence-electron chi connectivity index (χ4n) is 2.28. The minimum Gasteiger partial charge on any atom is -0.330 e. The molecule has 1 unspecified atom stereocenters. The van der Waals surface area contributed by atoms with Crippen LogP contribution >= 0.6 is 0 Å². The lowest BCUT2D eigenvalue weighted by molar-refractivity contribution is 0.471. The van der Waals surface area contributed by atoms with Gasteiger partial charge in [0.15, 0.2) is 0 Å². The number of nitrogens with two attached hydrogens (primary N) is 1. The number of nitrogens with zero attached hydrogens (tertiary/aromatic N) is 2. The first-order valence-electron chi connectivity index (χ1n) is 5.61. The Morgan fingerprint density at radius 3 is 3.00 bits per heavy atom. The number of aryl methyl sites for hydroxylation is 1. The van der Waals surface area contributed by atoms with Crippen molar-refractivity contribution in [2.45, 2.75) is 45.1 Å². The molecule has 0 spiro atoms. The smallest absolute Gasteiger partial charge is 0.0954 e. The van der Waals surface area contributed by atoms with Gasteiger partial charge >= 0.3 is 0 Å². The maximum absolute atomic E-state index is 5.76. The molecule has 1 atom stereocenters. The number of imidazole rings is 1. The van der Waals surface area contributed by atoms with Crippen LogP contribution in [0.4, 0.5) is 0 Å². The summed E-state index contributed by atoms with van der Waals surface area (Å²) in [6, 6.07) is 0.448. The quantitative estimate of drug-likeness (QED) is 0.793. The van der Waals surface area contributed by atoms with Gasteiger partial charge in [0.2, 0.25) is 0 Å². The Hall–Kier alpha value is -0.830. The number of aromatic nitrogens is 2. The highest BCUT2D eigenvalue weighted by Gasteiger charge is 2.18. The predicted molar refractivity (Wildman–Crippen MR) is 57.3 cm³/mol. The van der Waals surface area contributed by atoms with Crippen LogP contribution in [0, 0.1) is 0 Å². The minimum absolute atomic E-state index is 0.448. The summed E-state index contributed by atoms with van der Waals surface area (Å²) in [7, 11) is 0. The van der Waals surface area contributed by atoms with Gasteiger partial charge in [0, 0.05) is 18.3 Å². The molecule has 0 amide bonds. The summed E-state index contributed by atoms with van der Waals surface area (Å²) in [4.78, 5) is 4.48. The first-order chi connectivity index (χ1) is 6.86. The summed E-state index contributed by atoms with van der Waals surface area (Å²) < 4.78 is 2.30. The number of fused-ring (bicyclic) bond motifs is 1. The number of hydrogen-bond acceptors (Lipinski definition) is 2. The maximum atomic E-state index is 5.76. The maximum Gasteiger partial charge on any atom is 0.0954 e. The van der Waals surface area contributed by atoms with Gasteiger partial charge in [0.05, 0.1) is 12.0 Å². The van der Waals surface area contributed by atoms with Crippen molar-refractivity contribution in [1.82, 2.24) is 9.55 Å². The highest BCUT2D eigenvalue weighted by molar-refractivity contribution is 5.17. The average molecular weight is 193 g/mol. The molecule has 2 N–H and O–H groups in total. The van der Waals surface area contributed by atoms with E-state index in [4.69, 9.17) is 5.73 Å². The van der Waals surface area contributed by atoms with E-state index in [-0.39, 0.29) is 0 Å². The molecule has 0 saturated carbocycles. The molecule has 0 bridgehead atoms. The van der Waals surface area contributed by atoms with Gasteiger partial charge in [0.1, 0.15) is 0 Å². The summed E-state index contributed by atoms with van der Waals surface area (Å²) in [6.45, 7) is 2.91. The van der Waals surface area contributed by atoms with Crippen LogP contribution in [0.5, 0.6) is 0 Å². The van der Waals surface area contributed by atoms with Crippen molar-refractivity contribution in [3.8, 4) is 0 Å². The average Bonchev–Trinajstić information content (AvgIpc) is 2.65. The molecule has 0 saturated heterocycles. The summed E-state index contributed by atoms with van der Waals surface area (Å²) in [6.07, 6.45) is 8.02. The lowest BCUT2D eigenvalue weighted by Crippen LogP contribution is -2.20. The lowest BCUT2D eigenvalue weighted by atomic mass is 10.0. The standard InChI is InChI=1S/C11H19N3/c1-2-9(7-12)14-8-13-10-5-3-4-6-11(10)14/h8-9H,2-7,12H2,1H3. The minimum atomic E-state index is 0.448. The third-order valence-corrected chi connectivity index (χ3v) is 3.20. The van der Waals surface area contributed by atoms with E-state index in [2.05, 4.69) is 16.5 Å². The molecule has 2 rings (SSSR count). The van der Waals surface area contributed by atoms with E-state index in [9.17, 15) is 0 Å². The zero-order valence-electron chi connectivity index (χ0n) is 8.87. The van der Waals surface area contributed by atoms with Gasteiger partial charge < -0.3 is 10.3 Å². The third-order valence-electron chi connectivity index (χ3n) is 3.20. The van der Waals surface area contributed by atoms with Crippen LogP contribution in [0.3, 0.4) is 0 Å². The van der Waals surface area contributed by atoms with Crippen molar-refractivity contribution < 1.29 is 0 Å². The molecule has 0 aromatic carbocycles. The fourth-order valence-corrected chi connectivity index (χ4v) is 2.28. The molecule has 1 aliphatic rings. The van der Waals surface area contributed by atoms with Gasteiger partial charge in [-0.15, -0.1) is 0 Å². The third kappa shape index (κ3) is 1.57. The molecule has 78 valence electrons. The van der Waals surface area contributed by atoms with Crippen molar-refractivity contribution in [3.63, 3.8) is 0 Å². The molecular weight excluding hydrogens is 174 g/mol. The molecule has 1 aromatic rings. The van der Waals surface area contributed by atoms with Crippen molar-refractivity contribution in [1.29, 1.82) is 0 Å². The Balaban J connectivity index is 2.29. The largest absolute Gasteiger partial charge is 0.330 e. The number of hydrogen-bond donors (Lipinski definition) is 1. The Morgan fingerprint density at radius 2 is 2.29 bits per heavy atom. The zero-order chi connectivity index (χ0) is 9.97. The predicted octanol–water partition coefficient (Wildman–Crippen LogP) is 1.67. The highest BCUT2D eigenvalue weighted by Crippen LogP contribution is 2.23. The van der Waals surface area contributed by atoms with Gasteiger partial charge in [-0.25, -0.2) is 4.98 Å². The topological polar surface area (TPSA) is 43.8 Å². The summed E-state index contributed by atoms with van der Waals surface area (Å²) >= 11 is 0. The van der Waals surface area contributed by atoms with Crippen molar-refractivity contribution >= 4 is 0 Å². The summed E-state index contributed by atoms with van der Waals surface area (Å²) in [5.41, 5.74) is 8.51. The van der Waals surface area contributed by atoms with Crippen LogP contribution in [0.25, 0.3) is 0 Å². The first-order valence-corrected chi connectivity index (χ1v) is 5.61. The fraction of sp³-hybridized carbons (Fsp3) is 0.727. The zero-order valence-corrected chi connectivity index (χ0v) is 8.87. The molecular formula is C11H19N3. The van der Waals surface area contributed by atoms with Crippen molar-refractivity contribution in [3.05, 3.63) is 17.7 Å². The Morgan fingerprint density at radius 1 is 1.50 bits per heavy atom. The molecule has 1 aromatic heterocycles. The summed E-state index contributed by atoms with van der Waals surface area (Å²) in [5.74, 6) is 0. The Labute approximate surface area is 85.3 Å². The van der Waals surface area contributed by atoms with Crippen LogP contribution in [0.15, 0.2) is 6.33 Å². The van der Waals surface area contributed by atoms with Crippen LogP contribution in [-0.4, -0.2) is 16.1 Å². The second-order valence-electron chi connectivity index (χ2n) is 4.05. The molecule has 0 fully saturated rings. The van der Waals surface area contributed by atoms with E-state index in [1.807, 2.05) is 6.33 Å². The van der Waals surface area contributed by atoms with Gasteiger partial charge in [-0.05, 0) is 32.1 Å². The van der Waals surface area contributed by atoms with E-state index < -0.39 is 0 Å². The second-order valence-corrected chi connectivity index (χ2v) is 4.05. The Kier molecular flexibility index (Phi) is 2.87. The number of rotatable bonds is 3. The highest BCUT2D eigenvalue weighted by atomic mass is 15.1. The summed E-state index contributed by atoms with van der Waals surface area (Å²) in [5, 5.41) is 0. The molecule has 1 aliphatic carbocycles. The van der Waals surface area contributed by atoms with E-state index in [1.54, 1.807) is 0 Å². The van der Waals surface area contributed by atoms with E-state index >= 15 is 0 Å². The van der Waals surface area contributed by atoms with E-state index in [1.165, 1.54) is 30.7 Å². The lowest BCUT2D eigenvalue weighted by Gasteiger charge is -2.20.